The first kappa shape index (κ1) is 14.2. The molecule has 0 bridgehead atoms. The lowest BCUT2D eigenvalue weighted by Crippen LogP contribution is -2.39. The van der Waals surface area contributed by atoms with Crippen LogP contribution in [0.5, 0.6) is 0 Å². The van der Waals surface area contributed by atoms with Gasteiger partial charge in [0.05, 0.1) is 11.7 Å². The van der Waals surface area contributed by atoms with E-state index in [-0.39, 0.29) is 12.3 Å². The SMILES string of the molecule is CCCn1nccc1CNC(C)C(OC)OC. The highest BCUT2D eigenvalue weighted by Gasteiger charge is 2.15. The fourth-order valence-corrected chi connectivity index (χ4v) is 1.79. The van der Waals surface area contributed by atoms with Crippen molar-refractivity contribution in [2.45, 2.75) is 45.7 Å². The third kappa shape index (κ3) is 4.11. The fourth-order valence-electron chi connectivity index (χ4n) is 1.79. The van der Waals surface area contributed by atoms with Gasteiger partial charge in [-0.15, -0.1) is 0 Å². The van der Waals surface area contributed by atoms with Crippen LogP contribution >= 0.6 is 0 Å². The largest absolute Gasteiger partial charge is 0.354 e. The molecule has 98 valence electrons. The number of nitrogens with one attached hydrogen (secondary N) is 1. The van der Waals surface area contributed by atoms with Gasteiger partial charge in [-0.25, -0.2) is 0 Å². The third-order valence-corrected chi connectivity index (χ3v) is 2.72. The van der Waals surface area contributed by atoms with Crippen LogP contribution in [0.4, 0.5) is 0 Å². The molecule has 0 fully saturated rings. The van der Waals surface area contributed by atoms with E-state index in [1.165, 1.54) is 5.69 Å². The van der Waals surface area contributed by atoms with E-state index >= 15 is 0 Å². The van der Waals surface area contributed by atoms with Gasteiger partial charge >= 0.3 is 0 Å². The second kappa shape index (κ2) is 7.42. The van der Waals surface area contributed by atoms with Gasteiger partial charge in [0.25, 0.3) is 0 Å². The Labute approximate surface area is 103 Å². The van der Waals surface area contributed by atoms with Crippen molar-refractivity contribution in [3.8, 4) is 0 Å². The predicted molar refractivity (Wildman–Crippen MR) is 66.6 cm³/mol. The molecule has 1 heterocycles. The van der Waals surface area contributed by atoms with Gasteiger partial charge in [0.2, 0.25) is 0 Å². The minimum atomic E-state index is -0.224. The summed E-state index contributed by atoms with van der Waals surface area (Å²) in [6.07, 6.45) is 2.70. The summed E-state index contributed by atoms with van der Waals surface area (Å²) in [7, 11) is 3.29. The standard InChI is InChI=1S/C12H23N3O2/c1-5-8-15-11(6-7-14-15)9-13-10(2)12(16-3)17-4/h6-7,10,12-13H,5,8-9H2,1-4H3. The molecule has 5 heteroatoms. The van der Waals surface area contributed by atoms with E-state index in [1.54, 1.807) is 14.2 Å². The smallest absolute Gasteiger partial charge is 0.171 e. The fraction of sp³-hybridized carbons (Fsp3) is 0.750. The maximum Gasteiger partial charge on any atom is 0.171 e. The lowest BCUT2D eigenvalue weighted by atomic mass is 10.3. The molecule has 0 aliphatic heterocycles. The first-order valence-electron chi connectivity index (χ1n) is 6.02. The number of aromatic nitrogens is 2. The summed E-state index contributed by atoms with van der Waals surface area (Å²) in [5.41, 5.74) is 1.18. The van der Waals surface area contributed by atoms with E-state index in [9.17, 15) is 0 Å². The van der Waals surface area contributed by atoms with Crippen LogP contribution in [0.25, 0.3) is 0 Å². The summed E-state index contributed by atoms with van der Waals surface area (Å²) < 4.78 is 12.4. The number of hydrogen-bond acceptors (Lipinski definition) is 4. The zero-order valence-corrected chi connectivity index (χ0v) is 11.1. The van der Waals surface area contributed by atoms with Crippen LogP contribution in [-0.2, 0) is 22.6 Å². The van der Waals surface area contributed by atoms with Crippen LogP contribution in [0.15, 0.2) is 12.3 Å². The molecule has 0 saturated heterocycles. The minimum absolute atomic E-state index is 0.134. The quantitative estimate of drug-likeness (QED) is 0.699. The highest BCUT2D eigenvalue weighted by atomic mass is 16.7. The molecule has 17 heavy (non-hydrogen) atoms. The Bertz CT molecular complexity index is 310. The van der Waals surface area contributed by atoms with Gasteiger partial charge in [0.1, 0.15) is 0 Å². The topological polar surface area (TPSA) is 48.3 Å². The van der Waals surface area contributed by atoms with Crippen molar-refractivity contribution in [2.75, 3.05) is 14.2 Å². The van der Waals surface area contributed by atoms with Crippen molar-refractivity contribution < 1.29 is 9.47 Å². The van der Waals surface area contributed by atoms with Gasteiger partial charge in [0.15, 0.2) is 6.29 Å². The molecule has 1 N–H and O–H groups in total. The molecular weight excluding hydrogens is 218 g/mol. The molecule has 1 rings (SSSR count). The maximum absolute atomic E-state index is 5.20. The average Bonchev–Trinajstić information content (AvgIpc) is 2.76. The first-order valence-corrected chi connectivity index (χ1v) is 6.02. The number of nitrogens with zero attached hydrogens (tertiary/aromatic N) is 2. The van der Waals surface area contributed by atoms with Crippen LogP contribution in [0, 0.1) is 0 Å². The van der Waals surface area contributed by atoms with Crippen LogP contribution in [-0.4, -0.2) is 36.3 Å². The molecule has 1 aromatic rings. The van der Waals surface area contributed by atoms with Crippen LogP contribution < -0.4 is 5.32 Å². The Kier molecular flexibility index (Phi) is 6.18. The van der Waals surface area contributed by atoms with Crippen molar-refractivity contribution >= 4 is 0 Å². The van der Waals surface area contributed by atoms with E-state index in [0.29, 0.717) is 0 Å². The molecular formula is C12H23N3O2. The predicted octanol–water partition coefficient (Wildman–Crippen LogP) is 1.39. The summed E-state index contributed by atoms with van der Waals surface area (Å²) in [4.78, 5) is 0. The Morgan fingerprint density at radius 1 is 1.41 bits per heavy atom. The molecule has 0 radical (unpaired) electrons. The zero-order chi connectivity index (χ0) is 12.7. The van der Waals surface area contributed by atoms with E-state index < -0.39 is 0 Å². The van der Waals surface area contributed by atoms with E-state index in [4.69, 9.17) is 9.47 Å². The van der Waals surface area contributed by atoms with Crippen molar-refractivity contribution in [1.29, 1.82) is 0 Å². The molecule has 0 aromatic carbocycles. The Balaban J connectivity index is 2.46. The van der Waals surface area contributed by atoms with Gasteiger partial charge in [-0.1, -0.05) is 6.92 Å². The van der Waals surface area contributed by atoms with Gasteiger partial charge in [-0.05, 0) is 19.4 Å². The Morgan fingerprint density at radius 3 is 2.71 bits per heavy atom. The van der Waals surface area contributed by atoms with Crippen LogP contribution in [0.1, 0.15) is 26.0 Å². The molecule has 0 aliphatic carbocycles. The van der Waals surface area contributed by atoms with Gasteiger partial charge in [-0.2, -0.15) is 5.10 Å². The van der Waals surface area contributed by atoms with Crippen LogP contribution in [0.2, 0.25) is 0 Å². The Morgan fingerprint density at radius 2 is 2.12 bits per heavy atom. The van der Waals surface area contributed by atoms with Crippen LogP contribution in [0.3, 0.4) is 0 Å². The highest BCUT2D eigenvalue weighted by molar-refractivity contribution is 5.00. The summed E-state index contributed by atoms with van der Waals surface area (Å²) in [6.45, 7) is 5.91. The summed E-state index contributed by atoms with van der Waals surface area (Å²) in [6, 6.07) is 2.17. The normalized spacial score (nSPS) is 13.2. The maximum atomic E-state index is 5.20. The lowest BCUT2D eigenvalue weighted by molar-refractivity contribution is -0.119. The number of methoxy groups -OCH3 is 2. The number of rotatable bonds is 8. The van der Waals surface area contributed by atoms with Gasteiger partial charge in [-0.3, -0.25) is 4.68 Å². The molecule has 1 atom stereocenters. The van der Waals surface area contributed by atoms with E-state index in [1.807, 2.05) is 23.9 Å². The molecule has 0 aliphatic rings. The van der Waals surface area contributed by atoms with Crippen molar-refractivity contribution in [2.24, 2.45) is 0 Å². The van der Waals surface area contributed by atoms with Crippen molar-refractivity contribution in [1.82, 2.24) is 15.1 Å². The molecule has 0 saturated carbocycles. The van der Waals surface area contributed by atoms with E-state index in [2.05, 4.69) is 17.3 Å². The average molecular weight is 241 g/mol. The highest BCUT2D eigenvalue weighted by Crippen LogP contribution is 2.03. The van der Waals surface area contributed by atoms with Crippen molar-refractivity contribution in [3.63, 3.8) is 0 Å². The second-order valence-corrected chi connectivity index (χ2v) is 4.06. The summed E-state index contributed by atoms with van der Waals surface area (Å²) >= 11 is 0. The minimum Gasteiger partial charge on any atom is -0.354 e. The van der Waals surface area contributed by atoms with Crippen molar-refractivity contribution in [3.05, 3.63) is 18.0 Å². The Hall–Kier alpha value is -0.910. The number of aryl methyl sites for hydroxylation is 1. The second-order valence-electron chi connectivity index (χ2n) is 4.06. The van der Waals surface area contributed by atoms with Gasteiger partial charge in [0, 0.05) is 33.5 Å². The monoisotopic (exact) mass is 241 g/mol. The number of ether oxygens (including phenoxy) is 2. The first-order chi connectivity index (χ1) is 8.22. The van der Waals surface area contributed by atoms with Gasteiger partial charge < -0.3 is 14.8 Å². The lowest BCUT2D eigenvalue weighted by Gasteiger charge is -2.22. The molecule has 1 unspecified atom stereocenters. The molecule has 0 spiro atoms. The summed E-state index contributed by atoms with van der Waals surface area (Å²) in [5, 5.41) is 7.66. The van der Waals surface area contributed by atoms with E-state index in [0.717, 1.165) is 19.5 Å². The molecule has 0 amide bonds. The summed E-state index contributed by atoms with van der Waals surface area (Å²) in [5.74, 6) is 0. The zero-order valence-electron chi connectivity index (χ0n) is 11.1. The number of hydrogen-bond donors (Lipinski definition) is 1. The molecule has 1 aromatic heterocycles. The third-order valence-electron chi connectivity index (χ3n) is 2.72. The molecule has 5 nitrogen and oxygen atoms in total.